The fourth-order valence-electron chi connectivity index (χ4n) is 3.17. The number of carbonyl (C=O) groups excluding carboxylic acids is 1. The third kappa shape index (κ3) is 3.55. The van der Waals surface area contributed by atoms with Gasteiger partial charge in [0.25, 0.3) is 0 Å². The number of ether oxygens (including phenoxy) is 1. The number of amides is 1. The molecule has 3 rings (SSSR count). The number of rotatable bonds is 3. The van der Waals surface area contributed by atoms with Crippen LogP contribution in [0.15, 0.2) is 12.4 Å². The molecule has 120 valence electrons. The van der Waals surface area contributed by atoms with E-state index in [1.54, 1.807) is 12.4 Å². The standard InChI is InChI=1S/C16H24N4O2/c1-13-16(18-6-5-17-13)20-9-7-19(8-10-20)15(21)12-14-4-2-3-11-22-14/h5-6,14H,2-4,7-12H2,1H3. The molecular formula is C16H24N4O2. The number of anilines is 1. The van der Waals surface area contributed by atoms with Gasteiger partial charge in [-0.05, 0) is 26.2 Å². The van der Waals surface area contributed by atoms with Crippen LogP contribution in [0.3, 0.4) is 0 Å². The first-order chi connectivity index (χ1) is 10.7. The van der Waals surface area contributed by atoms with Crippen molar-refractivity contribution in [3.63, 3.8) is 0 Å². The molecule has 2 fully saturated rings. The summed E-state index contributed by atoms with van der Waals surface area (Å²) in [6.07, 6.45) is 7.41. The second-order valence-electron chi connectivity index (χ2n) is 6.03. The third-order valence-corrected chi connectivity index (χ3v) is 4.46. The molecule has 1 amide bonds. The number of aryl methyl sites for hydroxylation is 1. The van der Waals surface area contributed by atoms with Crippen molar-refractivity contribution in [2.75, 3.05) is 37.7 Å². The van der Waals surface area contributed by atoms with E-state index in [9.17, 15) is 4.79 Å². The number of hydrogen-bond donors (Lipinski definition) is 0. The van der Waals surface area contributed by atoms with E-state index < -0.39 is 0 Å². The minimum Gasteiger partial charge on any atom is -0.378 e. The zero-order valence-corrected chi connectivity index (χ0v) is 13.2. The number of nitrogens with zero attached hydrogens (tertiary/aromatic N) is 4. The van der Waals surface area contributed by atoms with E-state index in [0.29, 0.717) is 6.42 Å². The monoisotopic (exact) mass is 304 g/mol. The Labute approximate surface area is 131 Å². The third-order valence-electron chi connectivity index (χ3n) is 4.46. The lowest BCUT2D eigenvalue weighted by molar-refractivity contribution is -0.135. The van der Waals surface area contributed by atoms with Crippen molar-refractivity contribution in [3.8, 4) is 0 Å². The van der Waals surface area contributed by atoms with Gasteiger partial charge in [-0.15, -0.1) is 0 Å². The molecule has 3 heterocycles. The van der Waals surface area contributed by atoms with Crippen molar-refractivity contribution in [1.29, 1.82) is 0 Å². The molecule has 1 atom stereocenters. The molecule has 2 saturated heterocycles. The molecule has 1 unspecified atom stereocenters. The normalized spacial score (nSPS) is 22.7. The van der Waals surface area contributed by atoms with E-state index in [2.05, 4.69) is 14.9 Å². The van der Waals surface area contributed by atoms with Gasteiger partial charge in [-0.2, -0.15) is 0 Å². The lowest BCUT2D eigenvalue weighted by Gasteiger charge is -2.36. The minimum atomic E-state index is 0.126. The van der Waals surface area contributed by atoms with Gasteiger partial charge in [-0.3, -0.25) is 9.78 Å². The topological polar surface area (TPSA) is 58.6 Å². The average Bonchev–Trinajstić information content (AvgIpc) is 2.56. The van der Waals surface area contributed by atoms with E-state index in [1.165, 1.54) is 6.42 Å². The molecule has 1 aromatic rings. The fraction of sp³-hybridized carbons (Fsp3) is 0.688. The molecule has 6 heteroatoms. The van der Waals surface area contributed by atoms with Gasteiger partial charge < -0.3 is 14.5 Å². The lowest BCUT2D eigenvalue weighted by Crippen LogP contribution is -2.50. The quantitative estimate of drug-likeness (QED) is 0.844. The van der Waals surface area contributed by atoms with Gasteiger partial charge in [0.1, 0.15) is 5.82 Å². The predicted octanol–water partition coefficient (Wildman–Crippen LogP) is 1.39. The summed E-state index contributed by atoms with van der Waals surface area (Å²) in [4.78, 5) is 25.2. The Kier molecular flexibility index (Phi) is 4.87. The summed E-state index contributed by atoms with van der Waals surface area (Å²) >= 11 is 0. The summed E-state index contributed by atoms with van der Waals surface area (Å²) < 4.78 is 5.67. The molecule has 22 heavy (non-hydrogen) atoms. The first-order valence-electron chi connectivity index (χ1n) is 8.16. The summed E-state index contributed by atoms with van der Waals surface area (Å²) in [5, 5.41) is 0. The van der Waals surface area contributed by atoms with E-state index >= 15 is 0 Å². The highest BCUT2D eigenvalue weighted by Crippen LogP contribution is 2.19. The summed E-state index contributed by atoms with van der Waals surface area (Å²) in [7, 11) is 0. The lowest BCUT2D eigenvalue weighted by atomic mass is 10.1. The molecule has 0 aromatic carbocycles. The molecule has 0 bridgehead atoms. The van der Waals surface area contributed by atoms with Crippen LogP contribution in [0.5, 0.6) is 0 Å². The van der Waals surface area contributed by atoms with E-state index in [4.69, 9.17) is 4.74 Å². The first kappa shape index (κ1) is 15.2. The van der Waals surface area contributed by atoms with E-state index in [0.717, 1.165) is 57.1 Å². The Morgan fingerprint density at radius 2 is 2.00 bits per heavy atom. The smallest absolute Gasteiger partial charge is 0.225 e. The van der Waals surface area contributed by atoms with Gasteiger partial charge in [0.15, 0.2) is 0 Å². The van der Waals surface area contributed by atoms with E-state index in [-0.39, 0.29) is 12.0 Å². The maximum absolute atomic E-state index is 12.4. The Morgan fingerprint density at radius 1 is 1.23 bits per heavy atom. The number of piperazine rings is 1. The highest BCUT2D eigenvalue weighted by Gasteiger charge is 2.25. The zero-order valence-electron chi connectivity index (χ0n) is 13.2. The molecule has 0 N–H and O–H groups in total. The van der Waals surface area contributed by atoms with Crippen LogP contribution in [0.2, 0.25) is 0 Å². The molecule has 0 spiro atoms. The molecule has 0 aliphatic carbocycles. The van der Waals surface area contributed by atoms with Crippen LogP contribution >= 0.6 is 0 Å². The number of aromatic nitrogens is 2. The molecule has 1 aromatic heterocycles. The van der Waals surface area contributed by atoms with Crippen molar-refractivity contribution in [3.05, 3.63) is 18.1 Å². The number of carbonyl (C=O) groups is 1. The zero-order chi connectivity index (χ0) is 15.4. The van der Waals surface area contributed by atoms with Crippen molar-refractivity contribution in [1.82, 2.24) is 14.9 Å². The summed E-state index contributed by atoms with van der Waals surface area (Å²) in [6.45, 7) is 5.91. The second-order valence-corrected chi connectivity index (χ2v) is 6.03. The highest BCUT2D eigenvalue weighted by atomic mass is 16.5. The SMILES string of the molecule is Cc1nccnc1N1CCN(C(=O)CC2CCCCO2)CC1. The Balaban J connectivity index is 1.51. The average molecular weight is 304 g/mol. The van der Waals surface area contributed by atoms with Crippen molar-refractivity contribution in [2.45, 2.75) is 38.7 Å². The van der Waals surface area contributed by atoms with Crippen LogP contribution < -0.4 is 4.90 Å². The molecule has 2 aliphatic heterocycles. The van der Waals surface area contributed by atoms with Crippen molar-refractivity contribution < 1.29 is 9.53 Å². The predicted molar refractivity (Wildman–Crippen MR) is 83.8 cm³/mol. The van der Waals surface area contributed by atoms with Crippen LogP contribution in [-0.2, 0) is 9.53 Å². The maximum atomic E-state index is 12.4. The Bertz CT molecular complexity index is 509. The van der Waals surface area contributed by atoms with Gasteiger partial charge in [0.2, 0.25) is 5.91 Å². The van der Waals surface area contributed by atoms with Crippen molar-refractivity contribution in [2.24, 2.45) is 0 Å². The number of hydrogen-bond acceptors (Lipinski definition) is 5. The fourth-order valence-corrected chi connectivity index (χ4v) is 3.17. The molecule has 2 aliphatic rings. The van der Waals surface area contributed by atoms with Crippen LogP contribution in [-0.4, -0.2) is 59.7 Å². The molecular weight excluding hydrogens is 280 g/mol. The van der Waals surface area contributed by atoms with Gasteiger partial charge in [-0.25, -0.2) is 4.98 Å². The summed E-state index contributed by atoms with van der Waals surface area (Å²) in [5.74, 6) is 1.16. The first-order valence-corrected chi connectivity index (χ1v) is 8.16. The van der Waals surface area contributed by atoms with Crippen molar-refractivity contribution >= 4 is 11.7 Å². The maximum Gasteiger partial charge on any atom is 0.225 e. The van der Waals surface area contributed by atoms with Gasteiger partial charge in [0.05, 0.1) is 18.2 Å². The van der Waals surface area contributed by atoms with Crippen LogP contribution in [0.4, 0.5) is 5.82 Å². The molecule has 0 saturated carbocycles. The van der Waals surface area contributed by atoms with Crippen LogP contribution in [0.25, 0.3) is 0 Å². The van der Waals surface area contributed by atoms with Gasteiger partial charge in [-0.1, -0.05) is 0 Å². The second kappa shape index (κ2) is 7.05. The largest absolute Gasteiger partial charge is 0.378 e. The molecule has 0 radical (unpaired) electrons. The Morgan fingerprint density at radius 3 is 2.68 bits per heavy atom. The Hall–Kier alpha value is -1.69. The highest BCUT2D eigenvalue weighted by molar-refractivity contribution is 5.77. The molecule has 6 nitrogen and oxygen atoms in total. The van der Waals surface area contributed by atoms with Gasteiger partial charge >= 0.3 is 0 Å². The summed E-state index contributed by atoms with van der Waals surface area (Å²) in [5.41, 5.74) is 0.942. The van der Waals surface area contributed by atoms with Gasteiger partial charge in [0, 0.05) is 45.2 Å². The summed E-state index contributed by atoms with van der Waals surface area (Å²) in [6, 6.07) is 0. The van der Waals surface area contributed by atoms with Crippen LogP contribution in [0.1, 0.15) is 31.4 Å². The van der Waals surface area contributed by atoms with Crippen LogP contribution in [0, 0.1) is 6.92 Å². The van der Waals surface area contributed by atoms with E-state index in [1.807, 2.05) is 11.8 Å². The minimum absolute atomic E-state index is 0.126.